The zero-order valence-corrected chi connectivity index (χ0v) is 14.0. The van der Waals surface area contributed by atoms with Crippen molar-refractivity contribution < 1.29 is 28.3 Å². The molecular weight excluding hydrogens is 314 g/mol. The second-order valence-corrected chi connectivity index (χ2v) is 4.88. The van der Waals surface area contributed by atoms with Crippen LogP contribution in [0.3, 0.4) is 0 Å². The lowest BCUT2D eigenvalue weighted by atomic mass is 10.1. The molecule has 2 rings (SSSR count). The lowest BCUT2D eigenvalue weighted by molar-refractivity contribution is 0.0301. The highest BCUT2D eigenvalue weighted by atomic mass is 16.6. The van der Waals surface area contributed by atoms with E-state index in [0.29, 0.717) is 29.4 Å². The molecule has 0 bridgehead atoms. The number of benzene rings is 1. The van der Waals surface area contributed by atoms with Crippen LogP contribution in [0.15, 0.2) is 34.9 Å². The molecule has 24 heavy (non-hydrogen) atoms. The zero-order valence-electron chi connectivity index (χ0n) is 14.0. The number of carbonyl (C=O) groups is 1. The summed E-state index contributed by atoms with van der Waals surface area (Å²) in [6.45, 7) is 0.372. The van der Waals surface area contributed by atoms with Crippen LogP contribution in [0.25, 0.3) is 0 Å². The van der Waals surface area contributed by atoms with E-state index in [1.165, 1.54) is 21.3 Å². The quantitative estimate of drug-likeness (QED) is 0.560. The number of ether oxygens (including phenoxy) is 3. The summed E-state index contributed by atoms with van der Waals surface area (Å²) in [4.78, 5) is 17.4. The smallest absolute Gasteiger partial charge is 0.275 e. The van der Waals surface area contributed by atoms with Gasteiger partial charge in [-0.2, -0.15) is 0 Å². The van der Waals surface area contributed by atoms with Crippen molar-refractivity contribution in [2.75, 3.05) is 27.9 Å². The third kappa shape index (κ3) is 4.42. The molecule has 7 heteroatoms. The zero-order chi connectivity index (χ0) is 17.4. The first-order valence-corrected chi connectivity index (χ1v) is 7.44. The Kier molecular flexibility index (Phi) is 6.51. The van der Waals surface area contributed by atoms with Crippen molar-refractivity contribution in [1.82, 2.24) is 5.48 Å². The summed E-state index contributed by atoms with van der Waals surface area (Å²) >= 11 is 0. The molecule has 0 atom stereocenters. The molecule has 0 saturated carbocycles. The van der Waals surface area contributed by atoms with E-state index in [4.69, 9.17) is 23.5 Å². The van der Waals surface area contributed by atoms with Crippen molar-refractivity contribution in [2.45, 2.75) is 12.8 Å². The van der Waals surface area contributed by atoms with Gasteiger partial charge in [-0.05, 0) is 30.7 Å². The largest absolute Gasteiger partial charge is 0.493 e. The van der Waals surface area contributed by atoms with E-state index < -0.39 is 5.91 Å². The van der Waals surface area contributed by atoms with Gasteiger partial charge in [0.25, 0.3) is 5.91 Å². The predicted molar refractivity (Wildman–Crippen MR) is 86.5 cm³/mol. The van der Waals surface area contributed by atoms with E-state index >= 15 is 0 Å². The van der Waals surface area contributed by atoms with E-state index in [1.54, 1.807) is 18.4 Å². The monoisotopic (exact) mass is 335 g/mol. The average molecular weight is 335 g/mol. The van der Waals surface area contributed by atoms with Gasteiger partial charge in [-0.1, -0.05) is 0 Å². The predicted octanol–water partition coefficient (Wildman–Crippen LogP) is 2.60. The first-order valence-electron chi connectivity index (χ1n) is 7.44. The fourth-order valence-electron chi connectivity index (χ4n) is 2.16. The van der Waals surface area contributed by atoms with Crippen molar-refractivity contribution in [2.24, 2.45) is 0 Å². The molecule has 130 valence electrons. The molecule has 0 spiro atoms. The Bertz CT molecular complexity index is 628. The third-order valence-electron chi connectivity index (χ3n) is 3.34. The molecule has 0 radical (unpaired) electrons. The molecule has 1 N–H and O–H groups in total. The second-order valence-electron chi connectivity index (χ2n) is 4.88. The fraction of sp³-hybridized carbons (Fsp3) is 0.353. The lowest BCUT2D eigenvalue weighted by Crippen LogP contribution is -2.24. The van der Waals surface area contributed by atoms with Crippen LogP contribution >= 0.6 is 0 Å². The van der Waals surface area contributed by atoms with E-state index in [-0.39, 0.29) is 0 Å². The molecule has 7 nitrogen and oxygen atoms in total. The molecule has 0 aliphatic carbocycles. The molecule has 1 aromatic carbocycles. The van der Waals surface area contributed by atoms with Gasteiger partial charge in [-0.3, -0.25) is 9.63 Å². The number of amides is 1. The van der Waals surface area contributed by atoms with Gasteiger partial charge in [0.1, 0.15) is 5.76 Å². The Hall–Kier alpha value is -2.67. The van der Waals surface area contributed by atoms with Gasteiger partial charge in [0.2, 0.25) is 5.75 Å². The molecule has 1 heterocycles. The Balaban J connectivity index is 1.89. The molecule has 0 fully saturated rings. The number of hydrogen-bond donors (Lipinski definition) is 1. The molecule has 0 aliphatic rings. The minimum Gasteiger partial charge on any atom is -0.493 e. The maximum Gasteiger partial charge on any atom is 0.275 e. The normalized spacial score (nSPS) is 10.3. The van der Waals surface area contributed by atoms with Gasteiger partial charge < -0.3 is 18.6 Å². The Labute approximate surface area is 140 Å². The van der Waals surface area contributed by atoms with Crippen molar-refractivity contribution in [3.63, 3.8) is 0 Å². The first-order chi connectivity index (χ1) is 11.7. The maximum atomic E-state index is 12.2. The summed E-state index contributed by atoms with van der Waals surface area (Å²) in [5, 5.41) is 0. The first kappa shape index (κ1) is 17.7. The van der Waals surface area contributed by atoms with Crippen molar-refractivity contribution in [1.29, 1.82) is 0 Å². The molecule has 0 unspecified atom stereocenters. The van der Waals surface area contributed by atoms with Crippen molar-refractivity contribution in [3.05, 3.63) is 41.9 Å². The fourth-order valence-corrected chi connectivity index (χ4v) is 2.16. The SMILES string of the molecule is COc1cc(C(=O)NOCCCc2ccco2)cc(OC)c1OC. The van der Waals surface area contributed by atoms with Crippen LogP contribution in [0.5, 0.6) is 17.2 Å². The van der Waals surface area contributed by atoms with Gasteiger partial charge in [-0.15, -0.1) is 0 Å². The van der Waals surface area contributed by atoms with Crippen LogP contribution in [0.4, 0.5) is 0 Å². The summed E-state index contributed by atoms with van der Waals surface area (Å²) < 4.78 is 20.9. The van der Waals surface area contributed by atoms with E-state index in [2.05, 4.69) is 5.48 Å². The highest BCUT2D eigenvalue weighted by molar-refractivity contribution is 5.95. The Morgan fingerprint density at radius 1 is 1.12 bits per heavy atom. The standard InChI is InChI=1S/C17H21NO6/c1-20-14-10-12(11-15(21-2)16(14)22-3)17(19)18-24-9-5-7-13-6-4-8-23-13/h4,6,8,10-11H,5,7,9H2,1-3H3,(H,18,19). The number of aryl methyl sites for hydroxylation is 1. The van der Waals surface area contributed by atoms with Crippen molar-refractivity contribution >= 4 is 5.91 Å². The summed E-state index contributed by atoms with van der Waals surface area (Å²) in [6.07, 6.45) is 3.10. The van der Waals surface area contributed by atoms with Gasteiger partial charge >= 0.3 is 0 Å². The van der Waals surface area contributed by atoms with Crippen LogP contribution in [0.2, 0.25) is 0 Å². The molecule has 1 aromatic heterocycles. The van der Waals surface area contributed by atoms with E-state index in [9.17, 15) is 4.79 Å². The third-order valence-corrected chi connectivity index (χ3v) is 3.34. The van der Waals surface area contributed by atoms with Crippen LogP contribution < -0.4 is 19.7 Å². The molecule has 2 aromatic rings. The summed E-state index contributed by atoms with van der Waals surface area (Å²) in [6, 6.07) is 6.85. The topological polar surface area (TPSA) is 79.2 Å². The van der Waals surface area contributed by atoms with Crippen LogP contribution in [-0.2, 0) is 11.3 Å². The highest BCUT2D eigenvalue weighted by Gasteiger charge is 2.17. The van der Waals surface area contributed by atoms with Gasteiger partial charge in [-0.25, -0.2) is 5.48 Å². The van der Waals surface area contributed by atoms with Gasteiger partial charge in [0.15, 0.2) is 11.5 Å². The number of furan rings is 1. The number of hydroxylamine groups is 1. The molecule has 0 saturated heterocycles. The van der Waals surface area contributed by atoms with Crippen LogP contribution in [-0.4, -0.2) is 33.8 Å². The Morgan fingerprint density at radius 2 is 1.83 bits per heavy atom. The number of nitrogens with one attached hydrogen (secondary N) is 1. The van der Waals surface area contributed by atoms with E-state index in [0.717, 1.165) is 18.6 Å². The van der Waals surface area contributed by atoms with Crippen molar-refractivity contribution in [3.8, 4) is 17.2 Å². The summed E-state index contributed by atoms with van der Waals surface area (Å²) in [5.74, 6) is 1.72. The minimum absolute atomic E-state index is 0.343. The van der Waals surface area contributed by atoms with E-state index in [1.807, 2.05) is 12.1 Å². The molecule has 0 aliphatic heterocycles. The summed E-state index contributed by atoms with van der Waals surface area (Å²) in [7, 11) is 4.48. The van der Waals surface area contributed by atoms with Gasteiger partial charge in [0.05, 0.1) is 34.2 Å². The average Bonchev–Trinajstić information content (AvgIpc) is 3.13. The Morgan fingerprint density at radius 3 is 2.38 bits per heavy atom. The molecule has 1 amide bonds. The number of methoxy groups -OCH3 is 3. The van der Waals surface area contributed by atoms with Crippen LogP contribution in [0.1, 0.15) is 22.5 Å². The van der Waals surface area contributed by atoms with Crippen LogP contribution in [0, 0.1) is 0 Å². The number of carbonyl (C=O) groups excluding carboxylic acids is 1. The summed E-state index contributed by atoms with van der Waals surface area (Å²) in [5.41, 5.74) is 2.74. The number of rotatable bonds is 9. The minimum atomic E-state index is -0.396. The van der Waals surface area contributed by atoms with Gasteiger partial charge in [0, 0.05) is 12.0 Å². The lowest BCUT2D eigenvalue weighted by Gasteiger charge is -2.14. The second kappa shape index (κ2) is 8.83. The maximum absolute atomic E-state index is 12.2. The molecular formula is C17H21NO6. The number of hydrogen-bond acceptors (Lipinski definition) is 6. The highest BCUT2D eigenvalue weighted by Crippen LogP contribution is 2.38.